The number of nitrogens with zero attached hydrogens (tertiary/aromatic N) is 5. The summed E-state index contributed by atoms with van der Waals surface area (Å²) < 4.78 is 22.5. The van der Waals surface area contributed by atoms with E-state index < -0.39 is 19.8 Å². The first-order valence-electron chi connectivity index (χ1n) is 22.1. The number of ether oxygens (including phenoxy) is 2. The monoisotopic (exact) mass is 937 g/mol. The van der Waals surface area contributed by atoms with E-state index in [9.17, 15) is 9.90 Å². The van der Waals surface area contributed by atoms with E-state index >= 15 is 0 Å². The largest absolute Gasteiger partial charge is 0.497 e. The molecule has 338 valence electrons. The molecule has 0 radical (unpaired) electrons. The van der Waals surface area contributed by atoms with Crippen molar-refractivity contribution in [3.63, 3.8) is 0 Å². The normalized spacial score (nSPS) is 17.3. The Balaban J connectivity index is 1.03. The van der Waals surface area contributed by atoms with Gasteiger partial charge in [0.05, 0.1) is 37.4 Å². The van der Waals surface area contributed by atoms with Crippen LogP contribution in [0.4, 0.5) is 5.69 Å². The number of aromatic nitrogens is 4. The lowest BCUT2D eigenvalue weighted by atomic mass is 9.73. The minimum atomic E-state index is -1.93. The minimum absolute atomic E-state index is 0.120. The van der Waals surface area contributed by atoms with Crippen LogP contribution in [0.15, 0.2) is 89.8 Å². The molecule has 0 saturated carbocycles. The fraction of sp³-hybridized carbons (Fsp3) is 0.420. The molecule has 2 atom stereocenters. The molecule has 6 aromatic rings. The molecule has 1 N–H and O–H groups in total. The van der Waals surface area contributed by atoms with E-state index in [1.54, 1.807) is 30.6 Å². The van der Waals surface area contributed by atoms with Gasteiger partial charge in [0.1, 0.15) is 11.5 Å². The third-order valence-corrected chi connectivity index (χ3v) is 20.3. The average Bonchev–Trinajstić information content (AvgIpc) is 4.02. The Hall–Kier alpha value is -4.40. The maximum Gasteiger partial charge on any atom is 0.335 e. The van der Waals surface area contributed by atoms with Gasteiger partial charge in [-0.05, 0) is 103 Å². The molecule has 8 rings (SSSR count). The lowest BCUT2D eigenvalue weighted by Gasteiger charge is -2.39. The van der Waals surface area contributed by atoms with E-state index in [1.165, 1.54) is 5.56 Å². The first-order chi connectivity index (χ1) is 30.6. The molecule has 4 aromatic carbocycles. The van der Waals surface area contributed by atoms with Gasteiger partial charge in [0.2, 0.25) is 0 Å². The number of hydrogen-bond acceptors (Lipinski definition) is 9. The average molecular weight is 939 g/mol. The molecular weight excluding hydrogens is 878 g/mol. The van der Waals surface area contributed by atoms with Gasteiger partial charge < -0.3 is 23.9 Å². The van der Waals surface area contributed by atoms with Gasteiger partial charge in [0, 0.05) is 76.1 Å². The number of methoxy groups -OCH3 is 1. The van der Waals surface area contributed by atoms with Crippen LogP contribution in [0.3, 0.4) is 0 Å². The highest BCUT2D eigenvalue weighted by molar-refractivity contribution is 7.98. The van der Waals surface area contributed by atoms with Gasteiger partial charge in [0.25, 0.3) is 0 Å². The topological polar surface area (TPSA) is 104 Å². The molecule has 0 amide bonds. The SMILES string of the molecule is COc1ccc(CSc2cc(OCCCC3c4ccc(Cl)cc4N(C)C3(C(=O)O)c3c(CSCc4cc(CO[Si](C)(C)C(C)(C)C)n(C)n4)nn4c3CCC4)c3ccccc3c2)cc1. The van der Waals surface area contributed by atoms with Crippen molar-refractivity contribution in [2.45, 2.75) is 111 Å². The Morgan fingerprint density at radius 1 is 0.984 bits per heavy atom. The number of likely N-dealkylation sites (N-methyl/N-ethyl adjacent to an activating group) is 1. The number of halogens is 1. The fourth-order valence-electron chi connectivity index (χ4n) is 9.09. The first-order valence-corrected chi connectivity index (χ1v) is 27.5. The molecular formula is C50H60ClN5O5S2Si. The number of hydrogen-bond donors (Lipinski definition) is 1. The molecule has 2 aliphatic rings. The van der Waals surface area contributed by atoms with E-state index in [2.05, 4.69) is 87.1 Å². The number of carboxylic acid groups (broad SMARTS) is 1. The zero-order valence-electron chi connectivity index (χ0n) is 38.2. The Morgan fingerprint density at radius 2 is 1.77 bits per heavy atom. The van der Waals surface area contributed by atoms with Gasteiger partial charge >= 0.3 is 5.97 Å². The van der Waals surface area contributed by atoms with Crippen molar-refractivity contribution in [1.29, 1.82) is 0 Å². The number of carbonyl (C=O) groups is 1. The van der Waals surface area contributed by atoms with Crippen LogP contribution >= 0.6 is 35.1 Å². The van der Waals surface area contributed by atoms with Crippen molar-refractivity contribution >= 4 is 65.9 Å². The van der Waals surface area contributed by atoms with Gasteiger partial charge in [-0.3, -0.25) is 9.36 Å². The number of carboxylic acids is 1. The van der Waals surface area contributed by atoms with Crippen molar-refractivity contribution in [3.8, 4) is 11.5 Å². The highest BCUT2D eigenvalue weighted by Crippen LogP contribution is 2.57. The van der Waals surface area contributed by atoms with E-state index in [0.29, 0.717) is 42.6 Å². The number of aryl methyl sites for hydroxylation is 2. The van der Waals surface area contributed by atoms with E-state index in [-0.39, 0.29) is 11.0 Å². The van der Waals surface area contributed by atoms with Crippen molar-refractivity contribution in [2.75, 3.05) is 25.7 Å². The van der Waals surface area contributed by atoms with Crippen molar-refractivity contribution < 1.29 is 23.8 Å². The summed E-state index contributed by atoms with van der Waals surface area (Å²) in [5.41, 5.74) is 6.31. The first kappa shape index (κ1) is 46.1. The maximum absolute atomic E-state index is 14.3. The quantitative estimate of drug-likeness (QED) is 0.0509. The number of thioether (sulfide) groups is 2. The lowest BCUT2D eigenvalue weighted by Crippen LogP contribution is -2.52. The van der Waals surface area contributed by atoms with Crippen LogP contribution in [0.25, 0.3) is 10.8 Å². The standard InChI is InChI=1S/C50H60ClN5O5S2Si/c1-49(2,3)64(7,8)61-29-37-27-36(52-55(37)5)31-62-32-43-47(44-16-11-23-56(44)53-43)50(48(57)58)42(41-22-19-35(51)26-45(41)54(50)4)15-12-24-60-46-28-39(25-34-13-9-10-14-40(34)46)63-30-33-17-20-38(59-6)21-18-33/h9-10,13-14,17-22,25-28,42H,11-12,15-16,23-24,29-32H2,1-8H3,(H,57,58). The second kappa shape index (κ2) is 18.8. The van der Waals surface area contributed by atoms with E-state index in [4.69, 9.17) is 35.7 Å². The molecule has 2 aliphatic heterocycles. The number of rotatable bonds is 18. The molecule has 0 spiro atoms. The molecule has 2 unspecified atom stereocenters. The maximum atomic E-state index is 14.3. The molecule has 0 saturated heterocycles. The zero-order valence-corrected chi connectivity index (χ0v) is 41.6. The summed E-state index contributed by atoms with van der Waals surface area (Å²) in [7, 11) is 3.64. The van der Waals surface area contributed by atoms with Gasteiger partial charge in [-0.2, -0.15) is 10.2 Å². The summed E-state index contributed by atoms with van der Waals surface area (Å²) >= 11 is 10.1. The molecule has 2 aromatic heterocycles. The Labute approximate surface area is 392 Å². The summed E-state index contributed by atoms with van der Waals surface area (Å²) in [5.74, 6) is 2.43. The molecule has 0 aliphatic carbocycles. The molecule has 64 heavy (non-hydrogen) atoms. The van der Waals surface area contributed by atoms with Crippen molar-refractivity contribution in [1.82, 2.24) is 19.6 Å². The van der Waals surface area contributed by atoms with Crippen LogP contribution in [0.2, 0.25) is 23.2 Å². The van der Waals surface area contributed by atoms with Crippen molar-refractivity contribution in [3.05, 3.63) is 129 Å². The Morgan fingerprint density at radius 3 is 2.52 bits per heavy atom. The van der Waals surface area contributed by atoms with E-state index in [1.807, 2.05) is 60.1 Å². The highest BCUT2D eigenvalue weighted by Gasteiger charge is 2.59. The fourth-order valence-corrected chi connectivity index (χ4v) is 12.0. The molecule has 10 nitrogen and oxygen atoms in total. The zero-order chi connectivity index (χ0) is 45.4. The molecule has 0 bridgehead atoms. The second-order valence-corrected chi connectivity index (χ2v) is 25.8. The predicted octanol–water partition coefficient (Wildman–Crippen LogP) is 12.0. The highest BCUT2D eigenvalue weighted by atomic mass is 35.5. The van der Waals surface area contributed by atoms with Gasteiger partial charge in [-0.25, -0.2) is 4.79 Å². The summed E-state index contributed by atoms with van der Waals surface area (Å²) in [5, 5.41) is 24.6. The Kier molecular flexibility index (Phi) is 13.6. The van der Waals surface area contributed by atoms with Gasteiger partial charge in [0.15, 0.2) is 13.9 Å². The van der Waals surface area contributed by atoms with E-state index in [0.717, 1.165) is 91.9 Å². The smallest absolute Gasteiger partial charge is 0.335 e. The van der Waals surface area contributed by atoms with Crippen LogP contribution in [0.5, 0.6) is 11.5 Å². The summed E-state index contributed by atoms with van der Waals surface area (Å²) in [4.78, 5) is 17.4. The Bertz CT molecular complexity index is 2640. The number of benzene rings is 4. The van der Waals surface area contributed by atoms with Gasteiger partial charge in [-0.1, -0.05) is 74.8 Å². The van der Waals surface area contributed by atoms with Gasteiger partial charge in [-0.15, -0.1) is 23.5 Å². The van der Waals surface area contributed by atoms with Crippen molar-refractivity contribution in [2.24, 2.45) is 7.05 Å². The number of fused-ring (bicyclic) bond motifs is 3. The third-order valence-electron chi connectivity index (χ3n) is 13.5. The van der Waals surface area contributed by atoms with Crippen LogP contribution < -0.4 is 14.4 Å². The summed E-state index contributed by atoms with van der Waals surface area (Å²) in [6.07, 6.45) is 2.93. The molecule has 4 heterocycles. The summed E-state index contributed by atoms with van der Waals surface area (Å²) in [6, 6.07) is 28.8. The number of aliphatic carboxylic acids is 1. The predicted molar refractivity (Wildman–Crippen MR) is 264 cm³/mol. The van der Waals surface area contributed by atoms with Crippen LogP contribution in [0, 0.1) is 0 Å². The second-order valence-electron chi connectivity index (χ2n) is 18.5. The van der Waals surface area contributed by atoms with Crippen LogP contribution in [-0.4, -0.2) is 59.7 Å². The lowest BCUT2D eigenvalue weighted by molar-refractivity contribution is -0.144. The van der Waals surface area contributed by atoms with Crippen LogP contribution in [-0.2, 0) is 58.6 Å². The molecule has 14 heteroatoms. The third kappa shape index (κ3) is 9.07. The summed E-state index contributed by atoms with van der Waals surface area (Å²) in [6.45, 7) is 13.0. The molecule has 0 fully saturated rings. The minimum Gasteiger partial charge on any atom is -0.497 e. The number of anilines is 1. The van der Waals surface area contributed by atoms with Crippen LogP contribution in [0.1, 0.15) is 85.4 Å².